The fourth-order valence-electron chi connectivity index (χ4n) is 3.76. The number of nitrogens with one attached hydrogen (secondary N) is 1. The van der Waals surface area contributed by atoms with Crippen LogP contribution in [0.4, 0.5) is 26.0 Å². The molecule has 2 aromatic heterocycles. The van der Waals surface area contributed by atoms with Crippen LogP contribution in [0.3, 0.4) is 0 Å². The Hall–Kier alpha value is -3.25. The molecule has 0 aliphatic carbocycles. The number of pyridine rings is 1. The Bertz CT molecular complexity index is 1180. The third kappa shape index (κ3) is 4.30. The highest BCUT2D eigenvalue weighted by atomic mass is 32.1. The predicted molar refractivity (Wildman–Crippen MR) is 119 cm³/mol. The molecule has 1 aliphatic rings. The second-order valence-corrected chi connectivity index (χ2v) is 8.43. The summed E-state index contributed by atoms with van der Waals surface area (Å²) in [6.45, 7) is 8.63. The molecule has 1 aliphatic heterocycles. The lowest BCUT2D eigenvalue weighted by molar-refractivity contribution is 0.0959. The molecule has 160 valence electrons. The number of aromatic nitrogens is 1. The number of carbonyl (C=O) groups is 1. The van der Waals surface area contributed by atoms with Crippen molar-refractivity contribution < 1.29 is 13.6 Å². The Labute approximate surface area is 182 Å². The molecule has 3 N–H and O–H groups in total. The Balaban J connectivity index is 1.43. The van der Waals surface area contributed by atoms with Gasteiger partial charge in [-0.3, -0.25) is 4.79 Å². The summed E-state index contributed by atoms with van der Waals surface area (Å²) in [4.78, 5) is 22.7. The number of hydrogen-bond donors (Lipinski definition) is 2. The number of rotatable bonds is 5. The van der Waals surface area contributed by atoms with Gasteiger partial charge in [0.2, 0.25) is 4.83 Å². The minimum absolute atomic E-state index is 0.132. The van der Waals surface area contributed by atoms with Gasteiger partial charge >= 0.3 is 0 Å². The molecule has 0 saturated carbocycles. The van der Waals surface area contributed by atoms with E-state index >= 15 is 0 Å². The molecule has 4 rings (SSSR count). The number of nitrogens with zero attached hydrogens (tertiary/aromatic N) is 3. The van der Waals surface area contributed by atoms with E-state index in [1.54, 1.807) is 12.1 Å². The highest BCUT2D eigenvalue weighted by molar-refractivity contribution is 7.21. The van der Waals surface area contributed by atoms with Crippen molar-refractivity contribution in [3.8, 4) is 0 Å². The third-order valence-corrected chi connectivity index (χ3v) is 6.51. The summed E-state index contributed by atoms with van der Waals surface area (Å²) in [6, 6.07) is 5.68. The van der Waals surface area contributed by atoms with Crippen LogP contribution in [0.2, 0.25) is 0 Å². The minimum atomic E-state index is -0.478. The summed E-state index contributed by atoms with van der Waals surface area (Å²) in [5.41, 5.74) is 6.87. The molecule has 0 spiro atoms. The number of thiophene rings is 1. The Morgan fingerprint density at radius 3 is 2.74 bits per heavy atom. The van der Waals surface area contributed by atoms with E-state index in [-0.39, 0.29) is 29.2 Å². The fraction of sp³-hybridized carbons (Fsp3) is 0.318. The molecule has 1 saturated heterocycles. The van der Waals surface area contributed by atoms with Crippen molar-refractivity contribution in [1.82, 2.24) is 10.3 Å². The molecule has 0 bridgehead atoms. The van der Waals surface area contributed by atoms with Gasteiger partial charge in [-0.2, -0.15) is 0 Å². The van der Waals surface area contributed by atoms with Crippen molar-refractivity contribution >= 4 is 44.7 Å². The number of fused-ring (bicyclic) bond motifs is 1. The number of piperidine rings is 1. The molecule has 1 amide bonds. The van der Waals surface area contributed by atoms with Gasteiger partial charge in [0.25, 0.3) is 11.7 Å². The normalized spacial score (nSPS) is 13.9. The molecule has 31 heavy (non-hydrogen) atoms. The van der Waals surface area contributed by atoms with E-state index in [2.05, 4.69) is 15.1 Å². The molecule has 1 fully saturated rings. The smallest absolute Gasteiger partial charge is 0.271 e. The van der Waals surface area contributed by atoms with Gasteiger partial charge in [-0.25, -0.2) is 8.78 Å². The van der Waals surface area contributed by atoms with Crippen molar-refractivity contribution in [2.75, 3.05) is 30.3 Å². The molecular formula is C22H21F2N5OS. The van der Waals surface area contributed by atoms with Crippen LogP contribution in [-0.2, 0) is 6.42 Å². The first kappa shape index (κ1) is 21.0. The number of nitrogen functional groups attached to an aromatic ring is 1. The maximum Gasteiger partial charge on any atom is 0.271 e. The average Bonchev–Trinajstić information content (AvgIpc) is 3.12. The number of amides is 1. The topological polar surface area (TPSA) is 75.6 Å². The van der Waals surface area contributed by atoms with Gasteiger partial charge in [-0.15, -0.1) is 4.98 Å². The molecule has 3 heterocycles. The lowest BCUT2D eigenvalue weighted by Gasteiger charge is -2.29. The first-order chi connectivity index (χ1) is 15.0. The van der Waals surface area contributed by atoms with E-state index in [0.29, 0.717) is 21.6 Å². The molecular weight excluding hydrogens is 420 g/mol. The zero-order chi connectivity index (χ0) is 22.0. The Morgan fingerprint density at radius 1 is 1.23 bits per heavy atom. The van der Waals surface area contributed by atoms with Crippen LogP contribution in [-0.4, -0.2) is 30.5 Å². The molecule has 9 heteroatoms. The van der Waals surface area contributed by atoms with Crippen LogP contribution in [0, 0.1) is 18.2 Å². The molecule has 0 unspecified atom stereocenters. The highest BCUT2D eigenvalue weighted by Gasteiger charge is 2.20. The number of benzene rings is 1. The Kier molecular flexibility index (Phi) is 6.00. The maximum atomic E-state index is 14.6. The summed E-state index contributed by atoms with van der Waals surface area (Å²) in [5.74, 6) is -1.10. The van der Waals surface area contributed by atoms with Crippen LogP contribution in [0.15, 0.2) is 24.3 Å². The number of carbonyl (C=O) groups excluding carboxylic acids is 1. The third-order valence-electron chi connectivity index (χ3n) is 5.39. The van der Waals surface area contributed by atoms with Crippen molar-refractivity contribution in [2.45, 2.75) is 25.7 Å². The first-order valence-corrected chi connectivity index (χ1v) is 10.9. The number of halogens is 2. The minimum Gasteiger partial charge on any atom is -0.397 e. The SMILES string of the molecule is [C-]#[N+]c1ccc2c(N)c(C(=O)NCCc3cc(F)c(N4CCCCC4)cc3F)sc2n1. The molecule has 1 aromatic carbocycles. The molecule has 0 radical (unpaired) electrons. The zero-order valence-electron chi connectivity index (χ0n) is 16.8. The standard InChI is InChI=1S/C22H21F2N5OS/c1-26-18-6-5-14-19(25)20(31-22(14)28-18)21(30)27-8-7-13-11-16(24)17(12-15(13)23)29-9-3-2-4-10-29/h5-6,11-12H,2-4,7-10,25H2,(H,27,30). The van der Waals surface area contributed by atoms with E-state index in [4.69, 9.17) is 12.3 Å². The largest absolute Gasteiger partial charge is 0.397 e. The van der Waals surface area contributed by atoms with Crippen LogP contribution in [0.25, 0.3) is 15.1 Å². The van der Waals surface area contributed by atoms with Gasteiger partial charge in [0, 0.05) is 25.7 Å². The summed E-state index contributed by atoms with van der Waals surface area (Å²) in [7, 11) is 0. The van der Waals surface area contributed by atoms with E-state index in [0.717, 1.165) is 43.7 Å². The highest BCUT2D eigenvalue weighted by Crippen LogP contribution is 2.33. The number of nitrogens with two attached hydrogens (primary N) is 1. The summed E-state index contributed by atoms with van der Waals surface area (Å²) < 4.78 is 29.1. The quantitative estimate of drug-likeness (QED) is 0.564. The average molecular weight is 442 g/mol. The predicted octanol–water partition coefficient (Wildman–Crippen LogP) is 4.67. The Morgan fingerprint density at radius 2 is 2.00 bits per heavy atom. The van der Waals surface area contributed by atoms with Crippen LogP contribution >= 0.6 is 11.3 Å². The summed E-state index contributed by atoms with van der Waals surface area (Å²) in [6.07, 6.45) is 3.22. The second kappa shape index (κ2) is 8.86. The summed E-state index contributed by atoms with van der Waals surface area (Å²) in [5, 5.41) is 3.32. The van der Waals surface area contributed by atoms with Gasteiger partial charge in [0.1, 0.15) is 16.5 Å². The van der Waals surface area contributed by atoms with Gasteiger partial charge in [-0.1, -0.05) is 24.0 Å². The van der Waals surface area contributed by atoms with E-state index in [1.807, 2.05) is 4.90 Å². The van der Waals surface area contributed by atoms with Crippen molar-refractivity contribution in [1.29, 1.82) is 0 Å². The maximum absolute atomic E-state index is 14.6. The first-order valence-electron chi connectivity index (χ1n) is 10.1. The molecule has 6 nitrogen and oxygen atoms in total. The monoisotopic (exact) mass is 441 g/mol. The van der Waals surface area contributed by atoms with Crippen molar-refractivity contribution in [3.05, 3.63) is 57.8 Å². The van der Waals surface area contributed by atoms with Crippen LogP contribution < -0.4 is 16.0 Å². The van der Waals surface area contributed by atoms with Gasteiger partial charge in [-0.05, 0) is 43.4 Å². The van der Waals surface area contributed by atoms with Crippen LogP contribution in [0.1, 0.15) is 34.5 Å². The van der Waals surface area contributed by atoms with Gasteiger partial charge < -0.3 is 20.8 Å². The number of anilines is 2. The summed E-state index contributed by atoms with van der Waals surface area (Å²) >= 11 is 1.10. The fourth-order valence-corrected chi connectivity index (χ4v) is 4.76. The van der Waals surface area contributed by atoms with Crippen molar-refractivity contribution in [3.63, 3.8) is 0 Å². The lowest BCUT2D eigenvalue weighted by Crippen LogP contribution is -2.30. The van der Waals surface area contributed by atoms with E-state index in [1.165, 1.54) is 12.1 Å². The van der Waals surface area contributed by atoms with E-state index in [9.17, 15) is 13.6 Å². The molecule has 0 atom stereocenters. The van der Waals surface area contributed by atoms with Gasteiger partial charge in [0.15, 0.2) is 0 Å². The van der Waals surface area contributed by atoms with E-state index < -0.39 is 17.5 Å². The lowest BCUT2D eigenvalue weighted by atomic mass is 10.1. The van der Waals surface area contributed by atoms with Crippen LogP contribution in [0.5, 0.6) is 0 Å². The van der Waals surface area contributed by atoms with Gasteiger partial charge in [0.05, 0.1) is 16.8 Å². The van der Waals surface area contributed by atoms with Crippen molar-refractivity contribution in [2.24, 2.45) is 0 Å². The molecule has 3 aromatic rings. The zero-order valence-corrected chi connectivity index (χ0v) is 17.6. The number of hydrogen-bond acceptors (Lipinski definition) is 5. The second-order valence-electron chi connectivity index (χ2n) is 7.43.